The van der Waals surface area contributed by atoms with Gasteiger partial charge in [-0.1, -0.05) is 51.5 Å². The Morgan fingerprint density at radius 3 is 2.49 bits per heavy atom. The van der Waals surface area contributed by atoms with Crippen LogP contribution < -0.4 is 10.1 Å². The number of piperidine rings is 1. The van der Waals surface area contributed by atoms with Gasteiger partial charge in [0.1, 0.15) is 11.6 Å². The number of amides is 2. The lowest BCUT2D eigenvalue weighted by Gasteiger charge is -2.52. The van der Waals surface area contributed by atoms with Crippen molar-refractivity contribution in [1.29, 1.82) is 0 Å². The average Bonchev–Trinajstić information content (AvgIpc) is 2.84. The first-order valence-corrected chi connectivity index (χ1v) is 13.1. The molecule has 3 aliphatic rings. The summed E-state index contributed by atoms with van der Waals surface area (Å²) in [5.74, 6) is 0.564. The number of hydrogen-bond acceptors (Lipinski definition) is 4. The number of ether oxygens (including phenoxy) is 1. The molecule has 2 saturated heterocycles. The third kappa shape index (κ3) is 6.11. The maximum Gasteiger partial charge on any atom is 0.246 e. The number of nitrogens with zero attached hydrogens (tertiary/aromatic N) is 2. The van der Waals surface area contributed by atoms with Crippen LogP contribution in [0.5, 0.6) is 5.75 Å². The van der Waals surface area contributed by atoms with Crippen LogP contribution in [0.4, 0.5) is 4.39 Å². The molecule has 8 heteroatoms. The normalized spacial score (nSPS) is 23.2. The fourth-order valence-corrected chi connectivity index (χ4v) is 6.08. The molecule has 3 fully saturated rings. The maximum atomic E-state index is 14.1. The van der Waals surface area contributed by atoms with Gasteiger partial charge < -0.3 is 15.0 Å². The van der Waals surface area contributed by atoms with Gasteiger partial charge in [0.2, 0.25) is 11.8 Å². The van der Waals surface area contributed by atoms with Gasteiger partial charge in [-0.25, -0.2) is 4.39 Å². The zero-order valence-electron chi connectivity index (χ0n) is 21.2. The number of piperazine rings is 1. The van der Waals surface area contributed by atoms with Crippen LogP contribution in [-0.2, 0) is 16.1 Å². The molecule has 4 rings (SSSR count). The maximum absolute atomic E-state index is 14.1. The third-order valence-corrected chi connectivity index (χ3v) is 8.14. The summed E-state index contributed by atoms with van der Waals surface area (Å²) >= 11 is 0. The minimum absolute atomic E-state index is 0. The van der Waals surface area contributed by atoms with E-state index in [1.165, 1.54) is 45.3 Å². The quantitative estimate of drug-likeness (QED) is 0.552. The largest absolute Gasteiger partial charge is 0.494 e. The number of benzene rings is 1. The highest BCUT2D eigenvalue weighted by atomic mass is 35.5. The average molecular weight is 510 g/mol. The second-order valence-electron chi connectivity index (χ2n) is 10.4. The van der Waals surface area contributed by atoms with Gasteiger partial charge in [-0.3, -0.25) is 14.5 Å². The summed E-state index contributed by atoms with van der Waals surface area (Å²) in [6.07, 6.45) is 9.99. The number of likely N-dealkylation sites (tertiary alicyclic amines) is 1. The SMILES string of the molecule is CCCCN1C(=O)[C@H](CC2CCCCC2)NC(=O)C12CCN(Cc1ccc(OC)c(F)c1)CC2.Cl. The molecule has 0 unspecified atom stereocenters. The second-order valence-corrected chi connectivity index (χ2v) is 10.4. The van der Waals surface area contributed by atoms with E-state index in [0.29, 0.717) is 44.9 Å². The Morgan fingerprint density at radius 2 is 1.86 bits per heavy atom. The molecular weight excluding hydrogens is 469 g/mol. The summed E-state index contributed by atoms with van der Waals surface area (Å²) in [6.45, 7) is 4.78. The highest BCUT2D eigenvalue weighted by Crippen LogP contribution is 2.36. The van der Waals surface area contributed by atoms with Crippen LogP contribution in [0.3, 0.4) is 0 Å². The summed E-state index contributed by atoms with van der Waals surface area (Å²) < 4.78 is 19.1. The third-order valence-electron chi connectivity index (χ3n) is 8.14. The molecule has 1 aromatic carbocycles. The zero-order valence-corrected chi connectivity index (χ0v) is 22.0. The molecule has 6 nitrogen and oxygen atoms in total. The topological polar surface area (TPSA) is 61.9 Å². The molecule has 1 aliphatic carbocycles. The summed E-state index contributed by atoms with van der Waals surface area (Å²) in [6, 6.07) is 4.68. The van der Waals surface area contributed by atoms with E-state index in [1.807, 2.05) is 11.0 Å². The Kier molecular flexibility index (Phi) is 9.82. The van der Waals surface area contributed by atoms with Gasteiger partial charge in [0.05, 0.1) is 7.11 Å². The van der Waals surface area contributed by atoms with Gasteiger partial charge in [0.15, 0.2) is 11.6 Å². The lowest BCUT2D eigenvalue weighted by molar-refractivity contribution is -0.162. The van der Waals surface area contributed by atoms with Crippen molar-refractivity contribution in [2.24, 2.45) is 5.92 Å². The van der Waals surface area contributed by atoms with Gasteiger partial charge >= 0.3 is 0 Å². The molecule has 35 heavy (non-hydrogen) atoms. The molecule has 0 radical (unpaired) electrons. The van der Waals surface area contributed by atoms with E-state index in [9.17, 15) is 14.0 Å². The Labute approximate surface area is 215 Å². The van der Waals surface area contributed by atoms with Crippen molar-refractivity contribution in [3.63, 3.8) is 0 Å². The molecule has 1 aromatic rings. The summed E-state index contributed by atoms with van der Waals surface area (Å²) in [5, 5.41) is 3.15. The number of carbonyl (C=O) groups excluding carboxylic acids is 2. The van der Waals surface area contributed by atoms with E-state index in [1.54, 1.807) is 6.07 Å². The monoisotopic (exact) mass is 509 g/mol. The van der Waals surface area contributed by atoms with Gasteiger partial charge in [-0.2, -0.15) is 0 Å². The molecule has 1 spiro atoms. The Hall–Kier alpha value is -1.86. The Morgan fingerprint density at radius 1 is 1.14 bits per heavy atom. The summed E-state index contributed by atoms with van der Waals surface area (Å²) in [7, 11) is 1.46. The molecule has 196 valence electrons. The van der Waals surface area contributed by atoms with Crippen molar-refractivity contribution in [2.45, 2.75) is 89.3 Å². The molecule has 0 aromatic heterocycles. The van der Waals surface area contributed by atoms with Crippen LogP contribution in [0.1, 0.15) is 76.7 Å². The van der Waals surface area contributed by atoms with E-state index >= 15 is 0 Å². The van der Waals surface area contributed by atoms with Crippen LogP contribution >= 0.6 is 12.4 Å². The van der Waals surface area contributed by atoms with Crippen LogP contribution in [0.15, 0.2) is 18.2 Å². The molecular formula is C27H41ClFN3O3. The van der Waals surface area contributed by atoms with Crippen molar-refractivity contribution in [3.05, 3.63) is 29.6 Å². The first-order valence-electron chi connectivity index (χ1n) is 13.1. The van der Waals surface area contributed by atoms with Crippen LogP contribution in [0.25, 0.3) is 0 Å². The molecule has 1 N–H and O–H groups in total. The van der Waals surface area contributed by atoms with Crippen molar-refractivity contribution < 1.29 is 18.7 Å². The van der Waals surface area contributed by atoms with Gasteiger partial charge in [-0.05, 0) is 49.3 Å². The highest BCUT2D eigenvalue weighted by Gasteiger charge is 2.53. The predicted octanol–water partition coefficient (Wildman–Crippen LogP) is 4.69. The van der Waals surface area contributed by atoms with Crippen LogP contribution in [-0.4, -0.2) is 59.9 Å². The number of unbranched alkanes of at least 4 members (excludes halogenated alkanes) is 1. The number of carbonyl (C=O) groups is 2. The minimum atomic E-state index is -0.753. The lowest BCUT2D eigenvalue weighted by Crippen LogP contribution is -2.73. The molecule has 2 amide bonds. The summed E-state index contributed by atoms with van der Waals surface area (Å²) in [5.41, 5.74) is 0.130. The van der Waals surface area contributed by atoms with Gasteiger partial charge in [0.25, 0.3) is 0 Å². The first kappa shape index (κ1) is 27.7. The Bertz CT molecular complexity index is 869. The predicted molar refractivity (Wildman–Crippen MR) is 137 cm³/mol. The molecule has 1 saturated carbocycles. The van der Waals surface area contributed by atoms with Crippen LogP contribution in [0, 0.1) is 11.7 Å². The number of hydrogen-bond donors (Lipinski definition) is 1. The smallest absolute Gasteiger partial charge is 0.246 e. The fourth-order valence-electron chi connectivity index (χ4n) is 6.08. The molecule has 1 atom stereocenters. The lowest BCUT2D eigenvalue weighted by atomic mass is 9.79. The number of methoxy groups -OCH3 is 1. The molecule has 0 bridgehead atoms. The second kappa shape index (κ2) is 12.4. The van der Waals surface area contributed by atoms with Gasteiger partial charge in [0, 0.05) is 26.2 Å². The van der Waals surface area contributed by atoms with Crippen molar-refractivity contribution >= 4 is 24.2 Å². The zero-order chi connectivity index (χ0) is 24.1. The van der Waals surface area contributed by atoms with E-state index in [0.717, 1.165) is 24.8 Å². The number of nitrogens with one attached hydrogen (secondary N) is 1. The van der Waals surface area contributed by atoms with E-state index in [-0.39, 0.29) is 41.8 Å². The van der Waals surface area contributed by atoms with Gasteiger partial charge in [-0.15, -0.1) is 12.4 Å². The Balaban J connectivity index is 0.00000342. The molecule has 2 heterocycles. The molecule has 2 aliphatic heterocycles. The standard InChI is InChI=1S/C27H40FN3O3.ClH/c1-3-4-14-31-25(32)23(18-20-8-6-5-7-9-20)29-26(33)27(31)12-15-30(16-13-27)19-21-10-11-24(34-2)22(28)17-21;/h10-11,17,20,23H,3-9,12-16,18-19H2,1-2H3,(H,29,33);1H/t23-;/m0./s1. The van der Waals surface area contributed by atoms with Crippen molar-refractivity contribution in [2.75, 3.05) is 26.7 Å². The van der Waals surface area contributed by atoms with Crippen molar-refractivity contribution in [1.82, 2.24) is 15.1 Å². The highest BCUT2D eigenvalue weighted by molar-refractivity contribution is 6.00. The van der Waals surface area contributed by atoms with E-state index < -0.39 is 5.54 Å². The van der Waals surface area contributed by atoms with Crippen molar-refractivity contribution in [3.8, 4) is 5.75 Å². The van der Waals surface area contributed by atoms with E-state index in [4.69, 9.17) is 4.74 Å². The van der Waals surface area contributed by atoms with Crippen LogP contribution in [0.2, 0.25) is 0 Å². The number of rotatable bonds is 8. The van der Waals surface area contributed by atoms with E-state index in [2.05, 4.69) is 17.1 Å². The fraction of sp³-hybridized carbons (Fsp3) is 0.704. The summed E-state index contributed by atoms with van der Waals surface area (Å²) in [4.78, 5) is 31.4. The minimum Gasteiger partial charge on any atom is -0.494 e. The number of halogens is 2. The first-order chi connectivity index (χ1) is 16.5.